The number of phosphoric acid groups is 1. The third-order valence-corrected chi connectivity index (χ3v) is 11.2. The van der Waals surface area contributed by atoms with Gasteiger partial charge in [0.2, 0.25) is 0 Å². The van der Waals surface area contributed by atoms with Gasteiger partial charge in [-0.15, -0.1) is 0 Å². The Morgan fingerprint density at radius 2 is 0.948 bits per heavy atom. The summed E-state index contributed by atoms with van der Waals surface area (Å²) in [5.41, 5.74) is 0. The molecule has 14 heteroatoms. The molecule has 0 radical (unpaired) electrons. The number of esters is 2. The molecule has 13 nitrogen and oxygen atoms in total. The molecule has 0 aliphatic heterocycles. The summed E-state index contributed by atoms with van der Waals surface area (Å²) in [4.78, 5) is 35.6. The molecule has 0 saturated heterocycles. The number of carbonyl (C=O) groups is 2. The molecule has 1 aliphatic carbocycles. The largest absolute Gasteiger partial charge is 0.472 e. The summed E-state index contributed by atoms with van der Waals surface area (Å²) in [6.07, 6.45) is 24.9. The molecule has 0 aromatic carbocycles. The van der Waals surface area contributed by atoms with Crippen molar-refractivity contribution in [2.75, 3.05) is 13.2 Å². The number of phosphoric ester groups is 1. The lowest BCUT2D eigenvalue weighted by atomic mass is 9.85. The Morgan fingerprint density at radius 1 is 0.534 bits per heavy atom. The molecule has 6 unspecified atom stereocenters. The zero-order valence-electron chi connectivity index (χ0n) is 35.6. The third kappa shape index (κ3) is 27.0. The lowest BCUT2D eigenvalue weighted by Crippen LogP contribution is -2.64. The summed E-state index contributed by atoms with van der Waals surface area (Å²) in [6.45, 7) is 3.22. The molecule has 0 aromatic rings. The zero-order valence-corrected chi connectivity index (χ0v) is 36.5. The van der Waals surface area contributed by atoms with E-state index in [0.29, 0.717) is 12.8 Å². The molecule has 1 fully saturated rings. The van der Waals surface area contributed by atoms with Crippen LogP contribution in [0.3, 0.4) is 0 Å². The molecule has 0 amide bonds. The summed E-state index contributed by atoms with van der Waals surface area (Å²) in [7, 11) is -5.12. The van der Waals surface area contributed by atoms with Crippen LogP contribution in [0, 0.1) is 0 Å². The fourth-order valence-electron chi connectivity index (χ4n) is 6.53. The van der Waals surface area contributed by atoms with Crippen LogP contribution in [-0.4, -0.2) is 98.3 Å². The summed E-state index contributed by atoms with van der Waals surface area (Å²) >= 11 is 0. The minimum absolute atomic E-state index is 0.0788. The third-order valence-electron chi connectivity index (χ3n) is 10.2. The lowest BCUT2D eigenvalue weighted by Gasteiger charge is -2.41. The van der Waals surface area contributed by atoms with Gasteiger partial charge in [-0.05, 0) is 64.2 Å². The number of rotatable bonds is 36. The second-order valence-corrected chi connectivity index (χ2v) is 16.9. The minimum atomic E-state index is -5.12. The van der Waals surface area contributed by atoms with Gasteiger partial charge < -0.3 is 39.9 Å². The van der Waals surface area contributed by atoms with Gasteiger partial charge in [-0.25, -0.2) is 4.57 Å². The first-order valence-electron chi connectivity index (χ1n) is 22.3. The maximum absolute atomic E-state index is 12.8. The Hall–Kier alpha value is -1.93. The van der Waals surface area contributed by atoms with Crippen molar-refractivity contribution in [3.63, 3.8) is 0 Å². The summed E-state index contributed by atoms with van der Waals surface area (Å²) < 4.78 is 33.5. The van der Waals surface area contributed by atoms with Crippen molar-refractivity contribution in [1.82, 2.24) is 0 Å². The van der Waals surface area contributed by atoms with Gasteiger partial charge in [-0.1, -0.05) is 134 Å². The lowest BCUT2D eigenvalue weighted by molar-refractivity contribution is -0.220. The van der Waals surface area contributed by atoms with E-state index in [1.54, 1.807) is 0 Å². The monoisotopic (exact) mass is 847 g/mol. The Bertz CT molecular complexity index is 1160. The molecule has 0 aromatic heterocycles. The van der Waals surface area contributed by atoms with Crippen molar-refractivity contribution < 1.29 is 63.1 Å². The average molecular weight is 847 g/mol. The fourth-order valence-corrected chi connectivity index (χ4v) is 7.51. The highest BCUT2D eigenvalue weighted by Crippen LogP contribution is 2.47. The number of hydrogen-bond acceptors (Lipinski definition) is 12. The van der Waals surface area contributed by atoms with Crippen LogP contribution in [-0.2, 0) is 32.7 Å². The van der Waals surface area contributed by atoms with Gasteiger partial charge in [-0.3, -0.25) is 18.6 Å². The first-order valence-corrected chi connectivity index (χ1v) is 23.8. The fraction of sp³-hybridized carbons (Fsp3) is 0.818. The molecule has 6 N–H and O–H groups in total. The number of ether oxygens (including phenoxy) is 2. The van der Waals surface area contributed by atoms with Crippen LogP contribution in [0.5, 0.6) is 0 Å². The number of unbranched alkanes of at least 4 members (excludes halogenated alkanes) is 18. The minimum Gasteiger partial charge on any atom is -0.462 e. The molecule has 0 bridgehead atoms. The summed E-state index contributed by atoms with van der Waals surface area (Å²) in [5.74, 6) is -1.13. The molecular formula is C44H79O13P. The standard InChI is InChI=1S/C44H79O13P/c1-3-5-7-9-11-13-15-17-19-21-22-24-26-28-30-32-37(45)54-34-36(35-55-58(52,53)57-44-42(50)40(48)39(47)41(49)43(44)51)56-38(46)33-31-29-27-25-23-20-18-16-14-12-10-8-6-4-2/h10,12,16-19,36,39-44,47-51H,3-9,11,13-15,20-35H2,1-2H3,(H,52,53)/b12-10-,18-16-,19-17-. The summed E-state index contributed by atoms with van der Waals surface area (Å²) in [6, 6.07) is 0. The normalized spacial score (nSPS) is 22.8. The summed E-state index contributed by atoms with van der Waals surface area (Å²) in [5, 5.41) is 50.1. The van der Waals surface area contributed by atoms with Crippen LogP contribution >= 0.6 is 7.82 Å². The van der Waals surface area contributed by atoms with Crippen LogP contribution in [0.4, 0.5) is 0 Å². The van der Waals surface area contributed by atoms with E-state index < -0.39 is 75.7 Å². The molecular weight excluding hydrogens is 767 g/mol. The van der Waals surface area contributed by atoms with Gasteiger partial charge in [0.05, 0.1) is 6.61 Å². The van der Waals surface area contributed by atoms with Gasteiger partial charge in [0.25, 0.3) is 0 Å². The van der Waals surface area contributed by atoms with Gasteiger partial charge in [-0.2, -0.15) is 0 Å². The maximum atomic E-state index is 12.8. The molecule has 6 atom stereocenters. The molecule has 1 saturated carbocycles. The van der Waals surface area contributed by atoms with Crippen molar-refractivity contribution in [1.29, 1.82) is 0 Å². The van der Waals surface area contributed by atoms with Crippen LogP contribution in [0.2, 0.25) is 0 Å². The Labute approximate surface area is 348 Å². The van der Waals surface area contributed by atoms with E-state index in [1.165, 1.54) is 51.4 Å². The molecule has 1 rings (SSSR count). The van der Waals surface area contributed by atoms with E-state index in [4.69, 9.17) is 18.5 Å². The van der Waals surface area contributed by atoms with E-state index in [0.717, 1.165) is 83.5 Å². The second kappa shape index (κ2) is 34.7. The van der Waals surface area contributed by atoms with E-state index in [9.17, 15) is 44.6 Å². The van der Waals surface area contributed by atoms with Crippen molar-refractivity contribution in [3.8, 4) is 0 Å². The van der Waals surface area contributed by atoms with Crippen LogP contribution in [0.1, 0.15) is 174 Å². The number of aliphatic hydroxyl groups is 5. The molecule has 338 valence electrons. The van der Waals surface area contributed by atoms with Crippen LogP contribution in [0.15, 0.2) is 36.5 Å². The van der Waals surface area contributed by atoms with Gasteiger partial charge in [0.15, 0.2) is 6.10 Å². The average Bonchev–Trinajstić information content (AvgIpc) is 3.20. The van der Waals surface area contributed by atoms with Crippen molar-refractivity contribution in [2.45, 2.75) is 217 Å². The number of hydrogen-bond donors (Lipinski definition) is 6. The van der Waals surface area contributed by atoms with Crippen molar-refractivity contribution >= 4 is 19.8 Å². The predicted octanol–water partition coefficient (Wildman–Crippen LogP) is 8.22. The highest BCUT2D eigenvalue weighted by atomic mass is 31.2. The number of aliphatic hydroxyl groups excluding tert-OH is 5. The van der Waals surface area contributed by atoms with E-state index in [1.807, 2.05) is 0 Å². The van der Waals surface area contributed by atoms with E-state index in [2.05, 4.69) is 50.3 Å². The quantitative estimate of drug-likeness (QED) is 0.0152. The van der Waals surface area contributed by atoms with Gasteiger partial charge >= 0.3 is 19.8 Å². The predicted molar refractivity (Wildman–Crippen MR) is 226 cm³/mol. The van der Waals surface area contributed by atoms with Gasteiger partial charge in [0.1, 0.15) is 43.2 Å². The Balaban J connectivity index is 2.50. The smallest absolute Gasteiger partial charge is 0.462 e. The maximum Gasteiger partial charge on any atom is 0.472 e. The molecule has 1 aliphatic rings. The Kier molecular flexibility index (Phi) is 32.4. The topological polar surface area (TPSA) is 210 Å². The van der Waals surface area contributed by atoms with Crippen molar-refractivity contribution in [2.24, 2.45) is 0 Å². The highest BCUT2D eigenvalue weighted by Gasteiger charge is 2.51. The first kappa shape index (κ1) is 54.1. The molecule has 0 spiro atoms. The van der Waals surface area contributed by atoms with Crippen LogP contribution in [0.25, 0.3) is 0 Å². The zero-order chi connectivity index (χ0) is 42.9. The second-order valence-electron chi connectivity index (χ2n) is 15.5. The Morgan fingerprint density at radius 3 is 1.47 bits per heavy atom. The van der Waals surface area contributed by atoms with Crippen LogP contribution < -0.4 is 0 Å². The van der Waals surface area contributed by atoms with E-state index >= 15 is 0 Å². The number of carbonyl (C=O) groups excluding carboxylic acids is 2. The van der Waals surface area contributed by atoms with Crippen molar-refractivity contribution in [3.05, 3.63) is 36.5 Å². The van der Waals surface area contributed by atoms with Gasteiger partial charge in [0, 0.05) is 12.8 Å². The van der Waals surface area contributed by atoms with E-state index in [-0.39, 0.29) is 12.8 Å². The highest BCUT2D eigenvalue weighted by molar-refractivity contribution is 7.47. The SMILES string of the molecule is CCCC/C=C\C/C=C\CCCCCCCC(=O)OC(COC(=O)CCCCCCC/C=C\CCCCCCCC)COP(=O)(O)OC1C(O)C(O)C(O)C(O)C1O. The molecule has 0 heterocycles. The first-order chi connectivity index (χ1) is 27.9. The molecule has 58 heavy (non-hydrogen) atoms. The number of allylic oxidation sites excluding steroid dienone is 6.